The second kappa shape index (κ2) is 25.1. The van der Waals surface area contributed by atoms with E-state index >= 15 is 0 Å². The van der Waals surface area contributed by atoms with E-state index in [9.17, 15) is 0 Å². The SMILES string of the molecule is Cc1cc[n+](C)c(-c2ccc3c(nc4ccccn43)c2C)c1.[2H]C(C)(C)c1cc[n+](C)c(-c2ccc3c(nc4ccccn43)c2C)c1.[2H]C([2H])([2H])c1ccc(-c2ccc3c(nc4ccccn43)c2C)[n+](C)c1.[2H]C([2H])(c1cc[n+](C)c(-c2ccc3c(nc4ccccn43)c2C)c1)C(C)(C)C. The molecule has 12 aromatic heterocycles. The van der Waals surface area contributed by atoms with E-state index in [1.165, 1.54) is 22.4 Å². The molecule has 0 spiro atoms. The molecule has 4 aromatic carbocycles. The standard InChI is InChI=1S/C23H26N3.C21H22N3.2C19H18N3/c1-16-18(20-14-17(11-13-25(20)5)15-23(2,3)4)9-10-19-22(16)24-21-8-6-7-12-26(19)21;1-14(2)16-10-12-23(4)19(13-16)17-8-9-18-21(15(17)3)22-20-7-5-6-11-24(18)20;1-13-7-9-16(21(3)12-13)15-8-10-17-19(14(15)2)20-18-6-4-5-11-22(17)18;1-13-9-11-21(3)17(12-13)15-7-8-16-19(14(15)2)20-18-6-4-5-10-22(16)18/h6-14H,15H2,1-5H3;5-14H,1-4H3;2*4-12H,1-3H3/q4*+1/i15D2;14D;1D3;. The van der Waals surface area contributed by atoms with E-state index in [0.29, 0.717) is 11.1 Å². The summed E-state index contributed by atoms with van der Waals surface area (Å²) in [6, 6.07) is 57.1. The van der Waals surface area contributed by atoms with Crippen molar-refractivity contribution in [1.29, 1.82) is 0 Å². The molecule has 0 aliphatic heterocycles. The van der Waals surface area contributed by atoms with Gasteiger partial charge in [0.05, 0.1) is 66.4 Å². The predicted octanol–water partition coefficient (Wildman–Crippen LogP) is 16.5. The first-order valence-electron chi connectivity index (χ1n) is 34.9. The second-order valence-corrected chi connectivity index (χ2v) is 25.9. The minimum absolute atomic E-state index is 0.338. The monoisotopic (exact) mass is 1240 g/mol. The minimum Gasteiger partial charge on any atom is -0.300 e. The lowest BCUT2D eigenvalue weighted by Crippen LogP contribution is -2.31. The van der Waals surface area contributed by atoms with Crippen LogP contribution in [0.5, 0.6) is 0 Å². The summed E-state index contributed by atoms with van der Waals surface area (Å²) in [6.07, 6.45) is 14.5. The Bertz CT molecular complexity index is 5860. The lowest BCUT2D eigenvalue weighted by atomic mass is 9.88. The number of aryl methyl sites for hydroxylation is 10. The molecule has 0 amide bonds. The predicted molar refractivity (Wildman–Crippen MR) is 383 cm³/mol. The smallest absolute Gasteiger partial charge is 0.212 e. The summed E-state index contributed by atoms with van der Waals surface area (Å²) >= 11 is 0. The van der Waals surface area contributed by atoms with Crippen LogP contribution in [0.3, 0.4) is 0 Å². The number of nitrogens with zero attached hydrogens (tertiary/aromatic N) is 12. The molecule has 0 radical (unpaired) electrons. The number of pyridine rings is 8. The Morgan fingerprint density at radius 3 is 1.17 bits per heavy atom. The maximum Gasteiger partial charge on any atom is 0.212 e. The van der Waals surface area contributed by atoms with Crippen LogP contribution in [0.1, 0.15) is 93.2 Å². The van der Waals surface area contributed by atoms with Gasteiger partial charge in [-0.2, -0.15) is 0 Å². The Kier molecular flexibility index (Phi) is 14.7. The number of hydrogen-bond donors (Lipinski definition) is 0. The lowest BCUT2D eigenvalue weighted by Gasteiger charge is -2.18. The van der Waals surface area contributed by atoms with E-state index in [1.54, 1.807) is 12.3 Å². The Labute approximate surface area is 559 Å². The number of fused-ring (bicyclic) bond motifs is 12. The third-order valence-electron chi connectivity index (χ3n) is 17.9. The fourth-order valence-corrected chi connectivity index (χ4v) is 12.9. The molecule has 0 aliphatic carbocycles. The van der Waals surface area contributed by atoms with E-state index in [2.05, 4.69) is 148 Å². The van der Waals surface area contributed by atoms with Crippen molar-refractivity contribution in [2.75, 3.05) is 0 Å². The molecule has 468 valence electrons. The molecule has 16 rings (SSSR count). The van der Waals surface area contributed by atoms with Gasteiger partial charge in [-0.05, 0) is 201 Å². The van der Waals surface area contributed by atoms with Crippen molar-refractivity contribution in [3.05, 3.63) is 264 Å². The molecular formula is C82H84N12+4. The summed E-state index contributed by atoms with van der Waals surface area (Å²) in [7, 11) is 8.00. The maximum atomic E-state index is 8.65. The maximum absolute atomic E-state index is 8.65. The number of hydrogen-bond acceptors (Lipinski definition) is 4. The van der Waals surface area contributed by atoms with Crippen molar-refractivity contribution in [3.63, 3.8) is 0 Å². The van der Waals surface area contributed by atoms with E-state index in [-0.39, 0.29) is 0 Å². The molecule has 16 aromatic rings. The van der Waals surface area contributed by atoms with Gasteiger partial charge >= 0.3 is 0 Å². The summed E-state index contributed by atoms with van der Waals surface area (Å²) in [6.45, 7) is 18.1. The van der Waals surface area contributed by atoms with Crippen molar-refractivity contribution in [2.45, 2.75) is 88.4 Å². The van der Waals surface area contributed by atoms with Crippen LogP contribution in [-0.2, 0) is 34.6 Å². The number of imidazole rings is 4. The van der Waals surface area contributed by atoms with Crippen LogP contribution < -0.4 is 18.3 Å². The molecule has 0 saturated heterocycles. The van der Waals surface area contributed by atoms with Crippen LogP contribution >= 0.6 is 0 Å². The normalized spacial score (nSPS) is 13.0. The van der Waals surface area contributed by atoms with Gasteiger partial charge < -0.3 is 0 Å². The van der Waals surface area contributed by atoms with Gasteiger partial charge in [-0.3, -0.25) is 17.6 Å². The average Bonchev–Trinajstić information content (AvgIpc) is 1.56. The van der Waals surface area contributed by atoms with Crippen LogP contribution in [0, 0.1) is 46.9 Å². The quantitative estimate of drug-likeness (QED) is 0.155. The van der Waals surface area contributed by atoms with Gasteiger partial charge in [0, 0.05) is 81.0 Å². The van der Waals surface area contributed by atoms with Gasteiger partial charge in [0.15, 0.2) is 24.8 Å². The zero-order valence-electron chi connectivity index (χ0n) is 62.2. The first-order chi connectivity index (χ1) is 47.5. The molecule has 0 bridgehead atoms. The van der Waals surface area contributed by atoms with Crippen LogP contribution in [0.15, 0.2) is 219 Å². The molecule has 12 heterocycles. The van der Waals surface area contributed by atoms with Gasteiger partial charge in [-0.15, -0.1) is 0 Å². The number of benzene rings is 4. The third kappa shape index (κ3) is 11.8. The largest absolute Gasteiger partial charge is 0.300 e. The Hall–Kier alpha value is -10.7. The highest BCUT2D eigenvalue weighted by Crippen LogP contribution is 2.34. The molecule has 12 heteroatoms. The molecule has 0 N–H and O–H groups in total. The van der Waals surface area contributed by atoms with Crippen LogP contribution in [0.25, 0.3) is 112 Å². The van der Waals surface area contributed by atoms with Crippen molar-refractivity contribution < 1.29 is 26.5 Å². The van der Waals surface area contributed by atoms with Crippen molar-refractivity contribution in [1.82, 2.24) is 37.5 Å². The number of aromatic nitrogens is 12. The van der Waals surface area contributed by atoms with Gasteiger partial charge in [0.25, 0.3) is 0 Å². The first-order valence-corrected chi connectivity index (χ1v) is 31.9. The fourth-order valence-electron chi connectivity index (χ4n) is 12.9. The highest BCUT2D eigenvalue weighted by molar-refractivity contribution is 5.92. The highest BCUT2D eigenvalue weighted by Gasteiger charge is 2.23. The van der Waals surface area contributed by atoms with Crippen molar-refractivity contribution in [3.8, 4) is 45.0 Å². The topological polar surface area (TPSA) is 84.7 Å². The van der Waals surface area contributed by atoms with Gasteiger partial charge in [0.2, 0.25) is 22.8 Å². The van der Waals surface area contributed by atoms with E-state index in [1.807, 2.05) is 193 Å². The van der Waals surface area contributed by atoms with Crippen LogP contribution in [0.4, 0.5) is 0 Å². The molecule has 94 heavy (non-hydrogen) atoms. The summed E-state index contributed by atoms with van der Waals surface area (Å²) < 4.78 is 64.9. The zero-order valence-corrected chi connectivity index (χ0v) is 56.2. The fraction of sp³-hybridized carbons (Fsp3) is 0.220. The number of rotatable bonds is 6. The van der Waals surface area contributed by atoms with Crippen LogP contribution in [0.2, 0.25) is 0 Å². The molecule has 0 fully saturated rings. The molecule has 12 nitrogen and oxygen atoms in total. The highest BCUT2D eigenvalue weighted by atomic mass is 15.0. The Morgan fingerprint density at radius 2 is 0.787 bits per heavy atom. The summed E-state index contributed by atoms with van der Waals surface area (Å²) in [4.78, 5) is 19.2. The molecule has 0 atom stereocenters. The molecule has 0 saturated carbocycles. The Balaban J connectivity index is 0.000000120. The summed E-state index contributed by atoms with van der Waals surface area (Å²) in [5.74, 6) is -0.621. The lowest BCUT2D eigenvalue weighted by molar-refractivity contribution is -0.660. The van der Waals surface area contributed by atoms with Gasteiger partial charge in [0.1, 0.15) is 50.8 Å². The van der Waals surface area contributed by atoms with E-state index in [4.69, 9.17) is 28.2 Å². The van der Waals surface area contributed by atoms with Crippen LogP contribution in [-0.4, -0.2) is 37.5 Å². The van der Waals surface area contributed by atoms with E-state index < -0.39 is 24.5 Å². The third-order valence-corrected chi connectivity index (χ3v) is 17.9. The zero-order chi connectivity index (χ0) is 71.1. The average molecular weight is 1240 g/mol. The van der Waals surface area contributed by atoms with Crippen molar-refractivity contribution >= 4 is 66.7 Å². The summed E-state index contributed by atoms with van der Waals surface area (Å²) in [5.41, 5.74) is 28.5. The second-order valence-electron chi connectivity index (χ2n) is 25.9. The summed E-state index contributed by atoms with van der Waals surface area (Å²) in [5, 5.41) is 0. The van der Waals surface area contributed by atoms with Gasteiger partial charge in [-0.1, -0.05) is 58.9 Å². The van der Waals surface area contributed by atoms with E-state index in [0.717, 1.165) is 123 Å². The van der Waals surface area contributed by atoms with Gasteiger partial charge in [-0.25, -0.2) is 38.2 Å². The minimum atomic E-state index is -2.10. The molecule has 0 aliphatic rings. The van der Waals surface area contributed by atoms with Crippen molar-refractivity contribution in [2.24, 2.45) is 33.6 Å². The Morgan fingerprint density at radius 1 is 0.415 bits per heavy atom. The molecule has 0 unspecified atom stereocenters. The molecular weight excluding hydrogens is 1150 g/mol. The first kappa shape index (κ1) is 55.0.